The zero-order chi connectivity index (χ0) is 15.0. The molecule has 2 heterocycles. The minimum atomic E-state index is -0.00378. The fourth-order valence-corrected chi connectivity index (χ4v) is 3.26. The Morgan fingerprint density at radius 1 is 1.24 bits per heavy atom. The Hall–Kier alpha value is -1.29. The van der Waals surface area contributed by atoms with E-state index in [1.807, 2.05) is 18.2 Å². The second-order valence-corrected chi connectivity index (χ2v) is 5.85. The van der Waals surface area contributed by atoms with Crippen LogP contribution in [0.1, 0.15) is 24.4 Å². The van der Waals surface area contributed by atoms with Crippen LogP contribution in [0.5, 0.6) is 0 Å². The van der Waals surface area contributed by atoms with Crippen LogP contribution in [0.25, 0.3) is 11.0 Å². The SMILES string of the molecule is CC(c1ccc(Cl)cc1Cl)n1c(CCl)nc2cnccc21. The lowest BCUT2D eigenvalue weighted by Crippen LogP contribution is -2.10. The molecule has 0 spiro atoms. The van der Waals surface area contributed by atoms with E-state index < -0.39 is 0 Å². The van der Waals surface area contributed by atoms with Gasteiger partial charge in [0, 0.05) is 16.2 Å². The standard InChI is InChI=1S/C15H12Cl3N3/c1-9(11-3-2-10(17)6-12(11)18)21-14-4-5-19-8-13(14)20-15(21)7-16/h2-6,8-9H,7H2,1H3. The maximum Gasteiger partial charge on any atom is 0.125 e. The van der Waals surface area contributed by atoms with Gasteiger partial charge in [0.25, 0.3) is 0 Å². The van der Waals surface area contributed by atoms with E-state index >= 15 is 0 Å². The fraction of sp³-hybridized carbons (Fsp3) is 0.200. The first-order valence-electron chi connectivity index (χ1n) is 6.43. The Bertz CT molecular complexity index is 798. The van der Waals surface area contributed by atoms with Gasteiger partial charge in [-0.05, 0) is 30.7 Å². The van der Waals surface area contributed by atoms with Crippen molar-refractivity contribution in [1.82, 2.24) is 14.5 Å². The Labute approximate surface area is 137 Å². The third kappa shape index (κ3) is 2.61. The molecule has 0 N–H and O–H groups in total. The molecule has 0 aliphatic heterocycles. The van der Waals surface area contributed by atoms with Crippen LogP contribution >= 0.6 is 34.8 Å². The topological polar surface area (TPSA) is 30.7 Å². The van der Waals surface area contributed by atoms with Gasteiger partial charge in [0.1, 0.15) is 11.3 Å². The zero-order valence-electron chi connectivity index (χ0n) is 11.2. The van der Waals surface area contributed by atoms with Crippen molar-refractivity contribution in [2.24, 2.45) is 0 Å². The van der Waals surface area contributed by atoms with E-state index in [1.165, 1.54) is 0 Å². The van der Waals surface area contributed by atoms with Gasteiger partial charge in [0.2, 0.25) is 0 Å². The number of rotatable bonds is 3. The maximum atomic E-state index is 6.32. The van der Waals surface area contributed by atoms with Crippen LogP contribution in [0.4, 0.5) is 0 Å². The Morgan fingerprint density at radius 3 is 2.76 bits per heavy atom. The number of imidazole rings is 1. The first-order chi connectivity index (χ1) is 10.1. The molecule has 108 valence electrons. The van der Waals surface area contributed by atoms with Crippen molar-refractivity contribution >= 4 is 45.8 Å². The molecule has 3 aromatic rings. The summed E-state index contributed by atoms with van der Waals surface area (Å²) in [6.45, 7) is 2.06. The fourth-order valence-electron chi connectivity index (χ4n) is 2.51. The van der Waals surface area contributed by atoms with E-state index in [-0.39, 0.29) is 6.04 Å². The number of hydrogen-bond acceptors (Lipinski definition) is 2. The normalized spacial score (nSPS) is 12.8. The van der Waals surface area contributed by atoms with E-state index in [0.29, 0.717) is 15.9 Å². The molecule has 1 atom stereocenters. The Balaban J connectivity index is 2.18. The van der Waals surface area contributed by atoms with Crippen molar-refractivity contribution in [1.29, 1.82) is 0 Å². The van der Waals surface area contributed by atoms with Crippen LogP contribution in [0.15, 0.2) is 36.7 Å². The van der Waals surface area contributed by atoms with E-state index in [4.69, 9.17) is 34.8 Å². The summed E-state index contributed by atoms with van der Waals surface area (Å²) < 4.78 is 2.08. The van der Waals surface area contributed by atoms with Gasteiger partial charge < -0.3 is 4.57 Å². The van der Waals surface area contributed by atoms with Crippen molar-refractivity contribution < 1.29 is 0 Å². The molecule has 0 amide bonds. The minimum absolute atomic E-state index is 0.00378. The highest BCUT2D eigenvalue weighted by molar-refractivity contribution is 6.35. The van der Waals surface area contributed by atoms with Crippen LogP contribution in [-0.4, -0.2) is 14.5 Å². The van der Waals surface area contributed by atoms with Crippen LogP contribution in [0.3, 0.4) is 0 Å². The summed E-state index contributed by atoms with van der Waals surface area (Å²) in [6.07, 6.45) is 3.48. The predicted molar refractivity (Wildman–Crippen MR) is 87.4 cm³/mol. The van der Waals surface area contributed by atoms with Gasteiger partial charge in [0.05, 0.1) is 23.6 Å². The lowest BCUT2D eigenvalue weighted by Gasteiger charge is -2.19. The monoisotopic (exact) mass is 339 g/mol. The van der Waals surface area contributed by atoms with Crippen LogP contribution in [0, 0.1) is 0 Å². The van der Waals surface area contributed by atoms with Crippen LogP contribution in [-0.2, 0) is 5.88 Å². The van der Waals surface area contributed by atoms with Crippen molar-refractivity contribution in [2.45, 2.75) is 18.8 Å². The van der Waals surface area contributed by atoms with Crippen molar-refractivity contribution in [3.8, 4) is 0 Å². The molecule has 0 saturated carbocycles. The number of hydrogen-bond donors (Lipinski definition) is 0. The van der Waals surface area contributed by atoms with Gasteiger partial charge in [0.15, 0.2) is 0 Å². The highest BCUT2D eigenvalue weighted by atomic mass is 35.5. The average Bonchev–Trinajstić information content (AvgIpc) is 2.85. The molecule has 3 nitrogen and oxygen atoms in total. The van der Waals surface area contributed by atoms with Gasteiger partial charge in [-0.15, -0.1) is 11.6 Å². The van der Waals surface area contributed by atoms with E-state index in [2.05, 4.69) is 21.5 Å². The van der Waals surface area contributed by atoms with E-state index in [0.717, 1.165) is 22.4 Å². The third-order valence-corrected chi connectivity index (χ3v) is 4.29. The maximum absolute atomic E-state index is 6.32. The van der Waals surface area contributed by atoms with Crippen molar-refractivity contribution in [2.75, 3.05) is 0 Å². The number of benzene rings is 1. The molecular formula is C15H12Cl3N3. The molecule has 0 radical (unpaired) electrons. The molecular weight excluding hydrogens is 329 g/mol. The number of fused-ring (bicyclic) bond motifs is 1. The molecule has 21 heavy (non-hydrogen) atoms. The van der Waals surface area contributed by atoms with Crippen molar-refractivity contribution in [3.63, 3.8) is 0 Å². The Morgan fingerprint density at radius 2 is 2.05 bits per heavy atom. The summed E-state index contributed by atoms with van der Waals surface area (Å²) in [5.74, 6) is 1.11. The first-order valence-corrected chi connectivity index (χ1v) is 7.72. The summed E-state index contributed by atoms with van der Waals surface area (Å²) in [4.78, 5) is 8.62. The lowest BCUT2D eigenvalue weighted by atomic mass is 10.1. The number of aromatic nitrogens is 3. The number of halogens is 3. The molecule has 0 fully saturated rings. The highest BCUT2D eigenvalue weighted by Crippen LogP contribution is 2.32. The number of alkyl halides is 1. The molecule has 0 aliphatic carbocycles. The summed E-state index contributed by atoms with van der Waals surface area (Å²) in [7, 11) is 0. The number of nitrogens with zero attached hydrogens (tertiary/aromatic N) is 3. The van der Waals surface area contributed by atoms with Crippen molar-refractivity contribution in [3.05, 3.63) is 58.1 Å². The van der Waals surface area contributed by atoms with E-state index in [9.17, 15) is 0 Å². The largest absolute Gasteiger partial charge is 0.319 e. The molecule has 1 unspecified atom stereocenters. The number of pyridine rings is 1. The molecule has 0 bridgehead atoms. The minimum Gasteiger partial charge on any atom is -0.319 e. The van der Waals surface area contributed by atoms with Crippen LogP contribution in [0.2, 0.25) is 10.0 Å². The molecule has 0 aliphatic rings. The zero-order valence-corrected chi connectivity index (χ0v) is 13.5. The second kappa shape index (κ2) is 5.84. The lowest BCUT2D eigenvalue weighted by molar-refractivity contribution is 0.634. The van der Waals surface area contributed by atoms with Crippen LogP contribution < -0.4 is 0 Å². The summed E-state index contributed by atoms with van der Waals surface area (Å²) in [6, 6.07) is 7.44. The molecule has 0 saturated heterocycles. The average molecular weight is 341 g/mol. The van der Waals surface area contributed by atoms with Gasteiger partial charge >= 0.3 is 0 Å². The van der Waals surface area contributed by atoms with Gasteiger partial charge in [-0.2, -0.15) is 0 Å². The Kier molecular flexibility index (Phi) is 4.07. The molecule has 2 aromatic heterocycles. The van der Waals surface area contributed by atoms with Gasteiger partial charge in [-0.1, -0.05) is 29.3 Å². The predicted octanol–water partition coefficient (Wildman–Crippen LogP) is 5.09. The highest BCUT2D eigenvalue weighted by Gasteiger charge is 2.18. The smallest absolute Gasteiger partial charge is 0.125 e. The van der Waals surface area contributed by atoms with Gasteiger partial charge in [-0.3, -0.25) is 4.98 Å². The third-order valence-electron chi connectivity index (χ3n) is 3.48. The quantitative estimate of drug-likeness (QED) is 0.622. The molecule has 1 aromatic carbocycles. The first kappa shape index (κ1) is 14.6. The molecule has 6 heteroatoms. The van der Waals surface area contributed by atoms with E-state index in [1.54, 1.807) is 18.5 Å². The summed E-state index contributed by atoms with van der Waals surface area (Å²) >= 11 is 18.3. The molecule has 3 rings (SSSR count). The summed E-state index contributed by atoms with van der Waals surface area (Å²) in [5, 5.41) is 1.25. The van der Waals surface area contributed by atoms with Gasteiger partial charge in [-0.25, -0.2) is 4.98 Å². The second-order valence-electron chi connectivity index (χ2n) is 4.74. The summed E-state index contributed by atoms with van der Waals surface area (Å²) in [5.41, 5.74) is 2.78.